The van der Waals surface area contributed by atoms with Crippen LogP contribution in [-0.4, -0.2) is 12.1 Å². The van der Waals surface area contributed by atoms with Crippen LogP contribution < -0.4 is 5.32 Å². The molecule has 0 aromatic heterocycles. The van der Waals surface area contributed by atoms with Gasteiger partial charge in [0.05, 0.1) is 0 Å². The van der Waals surface area contributed by atoms with Crippen molar-refractivity contribution in [2.45, 2.75) is 91.1 Å². The van der Waals surface area contributed by atoms with Crippen LogP contribution in [0.3, 0.4) is 0 Å². The van der Waals surface area contributed by atoms with Gasteiger partial charge in [-0.2, -0.15) is 0 Å². The maximum atomic E-state index is 3.99. The Morgan fingerprint density at radius 3 is 2.06 bits per heavy atom. The van der Waals surface area contributed by atoms with E-state index in [1.165, 1.54) is 51.4 Å². The van der Waals surface area contributed by atoms with Gasteiger partial charge in [-0.3, -0.25) is 0 Å². The molecule has 0 radical (unpaired) electrons. The van der Waals surface area contributed by atoms with Crippen LogP contribution >= 0.6 is 0 Å². The first-order valence-corrected chi connectivity index (χ1v) is 7.65. The van der Waals surface area contributed by atoms with Crippen LogP contribution in [0.15, 0.2) is 0 Å². The first-order chi connectivity index (χ1) is 7.89. The number of nitrogens with one attached hydrogen (secondary N) is 1. The van der Waals surface area contributed by atoms with Gasteiger partial charge in [0.1, 0.15) is 0 Å². The minimum Gasteiger partial charge on any atom is -0.311 e. The van der Waals surface area contributed by atoms with E-state index in [0.717, 1.165) is 12.1 Å². The summed E-state index contributed by atoms with van der Waals surface area (Å²) < 4.78 is 0. The second-order valence-electron chi connectivity index (χ2n) is 7.89. The number of hydrogen-bond donors (Lipinski definition) is 1. The molecule has 2 rings (SSSR count). The topological polar surface area (TPSA) is 12.0 Å². The molecule has 1 atom stereocenters. The van der Waals surface area contributed by atoms with E-state index in [1.807, 2.05) is 0 Å². The highest BCUT2D eigenvalue weighted by Crippen LogP contribution is 2.39. The average Bonchev–Trinajstić information content (AvgIpc) is 2.24. The Kier molecular flexibility index (Phi) is 3.87. The molecule has 0 aliphatic heterocycles. The van der Waals surface area contributed by atoms with E-state index in [2.05, 4.69) is 33.0 Å². The largest absolute Gasteiger partial charge is 0.311 e. The third-order valence-electron chi connectivity index (χ3n) is 5.28. The quantitative estimate of drug-likeness (QED) is 0.745. The van der Waals surface area contributed by atoms with Crippen LogP contribution in [0, 0.1) is 10.8 Å². The van der Waals surface area contributed by atoms with Gasteiger partial charge in [-0.1, -0.05) is 40.5 Å². The van der Waals surface area contributed by atoms with Gasteiger partial charge in [0.25, 0.3) is 0 Å². The van der Waals surface area contributed by atoms with Crippen molar-refractivity contribution in [1.82, 2.24) is 5.32 Å². The number of rotatable bonds is 2. The molecule has 0 spiro atoms. The maximum absolute atomic E-state index is 3.99. The Hall–Kier alpha value is -0.0400. The van der Waals surface area contributed by atoms with E-state index in [0.29, 0.717) is 10.8 Å². The van der Waals surface area contributed by atoms with Crippen molar-refractivity contribution in [2.75, 3.05) is 0 Å². The van der Waals surface area contributed by atoms with Crippen molar-refractivity contribution in [2.24, 2.45) is 10.8 Å². The van der Waals surface area contributed by atoms with Crippen molar-refractivity contribution in [3.8, 4) is 0 Å². The highest BCUT2D eigenvalue weighted by Gasteiger charge is 2.35. The monoisotopic (exact) mass is 237 g/mol. The lowest BCUT2D eigenvalue weighted by atomic mass is 9.71. The third kappa shape index (κ3) is 3.47. The summed E-state index contributed by atoms with van der Waals surface area (Å²) in [5, 5.41) is 3.99. The standard InChI is InChI=1S/C16H31N/c1-15(2)11-8-13(9-12-15)17-14-7-5-6-10-16(14,3)4/h13-14,17H,5-12H2,1-4H3. The van der Waals surface area contributed by atoms with Gasteiger partial charge in [-0.15, -0.1) is 0 Å². The van der Waals surface area contributed by atoms with Crippen molar-refractivity contribution in [3.63, 3.8) is 0 Å². The molecule has 1 heteroatoms. The predicted octanol–water partition coefficient (Wildman–Crippen LogP) is 4.51. The smallest absolute Gasteiger partial charge is 0.0121 e. The van der Waals surface area contributed by atoms with Gasteiger partial charge in [0, 0.05) is 12.1 Å². The van der Waals surface area contributed by atoms with Crippen molar-refractivity contribution in [3.05, 3.63) is 0 Å². The van der Waals surface area contributed by atoms with E-state index in [-0.39, 0.29) is 0 Å². The predicted molar refractivity (Wildman–Crippen MR) is 75.2 cm³/mol. The van der Waals surface area contributed by atoms with Crippen molar-refractivity contribution >= 4 is 0 Å². The molecule has 0 aromatic carbocycles. The summed E-state index contributed by atoms with van der Waals surface area (Å²) >= 11 is 0. The minimum atomic E-state index is 0.519. The normalized spacial score (nSPS) is 33.5. The molecular formula is C16H31N. The molecular weight excluding hydrogens is 206 g/mol. The molecule has 2 aliphatic rings. The molecule has 2 aliphatic carbocycles. The lowest BCUT2D eigenvalue weighted by molar-refractivity contribution is 0.127. The van der Waals surface area contributed by atoms with E-state index in [4.69, 9.17) is 0 Å². The molecule has 0 aromatic rings. The molecule has 2 fully saturated rings. The first kappa shape index (κ1) is 13.4. The highest BCUT2D eigenvalue weighted by molar-refractivity contribution is 4.92. The molecule has 17 heavy (non-hydrogen) atoms. The SMILES string of the molecule is CC1(C)CCC(NC2CCCCC2(C)C)CC1. The first-order valence-electron chi connectivity index (χ1n) is 7.65. The second kappa shape index (κ2) is 4.91. The van der Waals surface area contributed by atoms with Gasteiger partial charge in [0.15, 0.2) is 0 Å². The summed E-state index contributed by atoms with van der Waals surface area (Å²) in [7, 11) is 0. The molecule has 0 bridgehead atoms. The molecule has 1 N–H and O–H groups in total. The van der Waals surface area contributed by atoms with Crippen molar-refractivity contribution < 1.29 is 0 Å². The summed E-state index contributed by atoms with van der Waals surface area (Å²) in [4.78, 5) is 0. The van der Waals surface area contributed by atoms with Gasteiger partial charge in [-0.25, -0.2) is 0 Å². The highest BCUT2D eigenvalue weighted by atomic mass is 15.0. The molecule has 1 unspecified atom stereocenters. The van der Waals surface area contributed by atoms with Crippen LogP contribution in [0.1, 0.15) is 79.1 Å². The number of hydrogen-bond acceptors (Lipinski definition) is 1. The fourth-order valence-electron chi connectivity index (χ4n) is 3.65. The van der Waals surface area contributed by atoms with Crippen LogP contribution in [0.4, 0.5) is 0 Å². The van der Waals surface area contributed by atoms with Gasteiger partial charge < -0.3 is 5.32 Å². The fourth-order valence-corrected chi connectivity index (χ4v) is 3.65. The Balaban J connectivity index is 1.85. The maximum Gasteiger partial charge on any atom is 0.0121 e. The van der Waals surface area contributed by atoms with Gasteiger partial charge in [-0.05, 0) is 49.4 Å². The van der Waals surface area contributed by atoms with Gasteiger partial charge >= 0.3 is 0 Å². The lowest BCUT2D eigenvalue weighted by Gasteiger charge is -2.43. The molecule has 100 valence electrons. The minimum absolute atomic E-state index is 0.519. The zero-order valence-electron chi connectivity index (χ0n) is 12.3. The van der Waals surface area contributed by atoms with Gasteiger partial charge in [0.2, 0.25) is 0 Å². The van der Waals surface area contributed by atoms with E-state index in [9.17, 15) is 0 Å². The summed E-state index contributed by atoms with van der Waals surface area (Å²) in [6, 6.07) is 1.56. The van der Waals surface area contributed by atoms with Crippen LogP contribution in [0.2, 0.25) is 0 Å². The van der Waals surface area contributed by atoms with Crippen LogP contribution in [-0.2, 0) is 0 Å². The molecule has 0 heterocycles. The molecule has 1 nitrogen and oxygen atoms in total. The zero-order chi connectivity index (χ0) is 12.5. The lowest BCUT2D eigenvalue weighted by Crippen LogP contribution is -2.49. The zero-order valence-corrected chi connectivity index (χ0v) is 12.3. The van der Waals surface area contributed by atoms with E-state index >= 15 is 0 Å². The summed E-state index contributed by atoms with van der Waals surface area (Å²) in [6.45, 7) is 9.76. The Morgan fingerprint density at radius 1 is 0.824 bits per heavy atom. The summed E-state index contributed by atoms with van der Waals surface area (Å²) in [5.41, 5.74) is 1.12. The van der Waals surface area contributed by atoms with Crippen LogP contribution in [0.25, 0.3) is 0 Å². The fraction of sp³-hybridized carbons (Fsp3) is 1.00. The Bertz CT molecular complexity index is 244. The summed E-state index contributed by atoms with van der Waals surface area (Å²) in [5.74, 6) is 0. The average molecular weight is 237 g/mol. The molecule has 0 amide bonds. The Labute approximate surface area is 108 Å². The van der Waals surface area contributed by atoms with E-state index in [1.54, 1.807) is 0 Å². The Morgan fingerprint density at radius 2 is 1.47 bits per heavy atom. The molecule has 2 saturated carbocycles. The summed E-state index contributed by atoms with van der Waals surface area (Å²) in [6.07, 6.45) is 11.2. The van der Waals surface area contributed by atoms with Crippen molar-refractivity contribution in [1.29, 1.82) is 0 Å². The van der Waals surface area contributed by atoms with E-state index < -0.39 is 0 Å². The third-order valence-corrected chi connectivity index (χ3v) is 5.28. The molecule has 0 saturated heterocycles. The van der Waals surface area contributed by atoms with Crippen LogP contribution in [0.5, 0.6) is 0 Å². The second-order valence-corrected chi connectivity index (χ2v) is 7.89.